The molecule has 0 aliphatic rings. The first-order valence-electron chi connectivity index (χ1n) is 6.57. The van der Waals surface area contributed by atoms with Crippen molar-refractivity contribution in [2.24, 2.45) is 0 Å². The van der Waals surface area contributed by atoms with E-state index in [0.29, 0.717) is 12.2 Å². The Hall–Kier alpha value is -2.70. The molecule has 0 saturated heterocycles. The van der Waals surface area contributed by atoms with Crippen molar-refractivity contribution in [1.29, 1.82) is 0 Å². The molecule has 0 aliphatic carbocycles. The molecule has 0 aliphatic heterocycles. The van der Waals surface area contributed by atoms with Crippen molar-refractivity contribution >= 4 is 23.2 Å². The fourth-order valence-corrected chi connectivity index (χ4v) is 1.82. The van der Waals surface area contributed by atoms with E-state index in [0.717, 1.165) is 12.1 Å². The zero-order valence-electron chi connectivity index (χ0n) is 12.0. The summed E-state index contributed by atoms with van der Waals surface area (Å²) in [4.78, 5) is 23.1. The largest absolute Gasteiger partial charge is 0.456 e. The summed E-state index contributed by atoms with van der Waals surface area (Å²) in [6.07, 6.45) is 0.621. The van der Waals surface area contributed by atoms with Gasteiger partial charge in [-0.2, -0.15) is 0 Å². The number of hydrogen-bond donors (Lipinski definition) is 2. The molecule has 1 aromatic carbocycles. The Morgan fingerprint density at radius 1 is 1.09 bits per heavy atom. The lowest BCUT2D eigenvalue weighted by molar-refractivity contribution is -0.114. The van der Waals surface area contributed by atoms with E-state index in [1.54, 1.807) is 6.07 Å². The normalized spacial score (nSPS) is 10.4. The van der Waals surface area contributed by atoms with Crippen molar-refractivity contribution < 1.29 is 22.8 Å². The van der Waals surface area contributed by atoms with Crippen LogP contribution in [0.1, 0.15) is 30.2 Å². The lowest BCUT2D eigenvalue weighted by Crippen LogP contribution is -2.15. The summed E-state index contributed by atoms with van der Waals surface area (Å²) in [6, 6.07) is 4.72. The number of halogens is 2. The lowest BCUT2D eigenvalue weighted by atomic mass is 10.2. The zero-order chi connectivity index (χ0) is 16.3. The summed E-state index contributed by atoms with van der Waals surface area (Å²) >= 11 is 0. The van der Waals surface area contributed by atoms with Crippen LogP contribution in [-0.2, 0) is 11.2 Å². The summed E-state index contributed by atoms with van der Waals surface area (Å²) in [7, 11) is 0. The van der Waals surface area contributed by atoms with Crippen LogP contribution in [0.5, 0.6) is 0 Å². The van der Waals surface area contributed by atoms with E-state index in [9.17, 15) is 18.4 Å². The minimum absolute atomic E-state index is 0.0374. The van der Waals surface area contributed by atoms with Gasteiger partial charge in [0.15, 0.2) is 17.4 Å². The zero-order valence-corrected chi connectivity index (χ0v) is 12.0. The van der Waals surface area contributed by atoms with Gasteiger partial charge in [-0.05, 0) is 12.1 Å². The van der Waals surface area contributed by atoms with Crippen LogP contribution in [-0.4, -0.2) is 11.8 Å². The minimum Gasteiger partial charge on any atom is -0.456 e. The molecule has 1 aromatic heterocycles. The van der Waals surface area contributed by atoms with Gasteiger partial charge in [0.2, 0.25) is 5.91 Å². The molecule has 116 valence electrons. The van der Waals surface area contributed by atoms with E-state index in [-0.39, 0.29) is 17.1 Å². The second-order valence-corrected chi connectivity index (χ2v) is 4.57. The van der Waals surface area contributed by atoms with Gasteiger partial charge in [0.05, 0.1) is 11.4 Å². The first-order valence-corrected chi connectivity index (χ1v) is 6.57. The highest BCUT2D eigenvalue weighted by Crippen LogP contribution is 2.26. The van der Waals surface area contributed by atoms with Gasteiger partial charge in [-0.1, -0.05) is 6.92 Å². The monoisotopic (exact) mass is 308 g/mol. The Bertz CT molecular complexity index is 726. The summed E-state index contributed by atoms with van der Waals surface area (Å²) in [5.41, 5.74) is -0.101. The number of nitrogens with one attached hydrogen (secondary N) is 2. The van der Waals surface area contributed by atoms with Crippen molar-refractivity contribution in [3.63, 3.8) is 0 Å². The average molecular weight is 308 g/mol. The molecule has 7 heteroatoms. The van der Waals surface area contributed by atoms with Gasteiger partial charge < -0.3 is 15.1 Å². The molecule has 0 radical (unpaired) electrons. The number of anilines is 2. The third-order valence-corrected chi connectivity index (χ3v) is 2.85. The van der Waals surface area contributed by atoms with Crippen molar-refractivity contribution in [3.8, 4) is 0 Å². The Kier molecular flexibility index (Phi) is 4.55. The number of hydrogen-bond acceptors (Lipinski definition) is 3. The number of carbonyl (C=O) groups excluding carboxylic acids is 2. The van der Waals surface area contributed by atoms with Crippen LogP contribution in [0.4, 0.5) is 20.2 Å². The molecule has 2 rings (SSSR count). The molecule has 0 unspecified atom stereocenters. The highest BCUT2D eigenvalue weighted by Gasteiger charge is 2.16. The molecule has 1 heterocycles. The van der Waals surface area contributed by atoms with Gasteiger partial charge in [0, 0.05) is 25.5 Å². The van der Waals surface area contributed by atoms with E-state index in [2.05, 4.69) is 10.6 Å². The molecule has 2 N–H and O–H groups in total. The number of benzene rings is 1. The second kappa shape index (κ2) is 6.38. The van der Waals surface area contributed by atoms with Gasteiger partial charge in [0.1, 0.15) is 5.76 Å². The number of carbonyl (C=O) groups is 2. The average Bonchev–Trinajstić information content (AvgIpc) is 2.92. The van der Waals surface area contributed by atoms with Crippen LogP contribution in [0, 0.1) is 11.6 Å². The van der Waals surface area contributed by atoms with Crippen LogP contribution >= 0.6 is 0 Å². The molecular formula is C15H14F2N2O3. The van der Waals surface area contributed by atoms with Crippen molar-refractivity contribution in [3.05, 3.63) is 47.4 Å². The number of furan rings is 1. The molecule has 22 heavy (non-hydrogen) atoms. The summed E-state index contributed by atoms with van der Waals surface area (Å²) in [6.45, 7) is 3.08. The predicted octanol–water partition coefficient (Wildman–Crippen LogP) is 3.33. The van der Waals surface area contributed by atoms with Crippen LogP contribution < -0.4 is 10.6 Å². The second-order valence-electron chi connectivity index (χ2n) is 4.57. The fraction of sp³-hybridized carbons (Fsp3) is 0.200. The quantitative estimate of drug-likeness (QED) is 0.910. The Morgan fingerprint density at radius 2 is 1.68 bits per heavy atom. The molecule has 0 bridgehead atoms. The van der Waals surface area contributed by atoms with Crippen LogP contribution in [0.25, 0.3) is 0 Å². The first kappa shape index (κ1) is 15.7. The molecule has 0 spiro atoms. The third-order valence-electron chi connectivity index (χ3n) is 2.85. The van der Waals surface area contributed by atoms with Crippen LogP contribution in [0.3, 0.4) is 0 Å². The highest BCUT2D eigenvalue weighted by molar-refractivity contribution is 6.05. The fourth-order valence-electron chi connectivity index (χ4n) is 1.82. The van der Waals surface area contributed by atoms with Crippen molar-refractivity contribution in [2.45, 2.75) is 20.3 Å². The Morgan fingerprint density at radius 3 is 2.18 bits per heavy atom. The third kappa shape index (κ3) is 3.49. The van der Waals surface area contributed by atoms with Crippen LogP contribution in [0.2, 0.25) is 0 Å². The maximum atomic E-state index is 13.3. The minimum atomic E-state index is -1.14. The number of aryl methyl sites for hydroxylation is 1. The molecule has 0 fully saturated rings. The van der Waals surface area contributed by atoms with Crippen LogP contribution in [0.15, 0.2) is 28.7 Å². The Labute approximate surface area is 125 Å². The first-order chi connectivity index (χ1) is 10.4. The van der Waals surface area contributed by atoms with E-state index in [1.165, 1.54) is 13.0 Å². The predicted molar refractivity (Wildman–Crippen MR) is 76.7 cm³/mol. The summed E-state index contributed by atoms with van der Waals surface area (Å²) in [5.74, 6) is -2.72. The summed E-state index contributed by atoms with van der Waals surface area (Å²) < 4.78 is 31.9. The van der Waals surface area contributed by atoms with E-state index >= 15 is 0 Å². The van der Waals surface area contributed by atoms with E-state index in [1.807, 2.05) is 6.92 Å². The molecule has 5 nitrogen and oxygen atoms in total. The van der Waals surface area contributed by atoms with Gasteiger partial charge in [0.25, 0.3) is 5.91 Å². The maximum Gasteiger partial charge on any atom is 0.291 e. The Balaban J connectivity index is 2.29. The topological polar surface area (TPSA) is 71.3 Å². The summed E-state index contributed by atoms with van der Waals surface area (Å²) in [5, 5.41) is 4.71. The molecule has 0 atom stereocenters. The molecular weight excluding hydrogens is 294 g/mol. The molecule has 2 aromatic rings. The van der Waals surface area contributed by atoms with Gasteiger partial charge in [-0.15, -0.1) is 0 Å². The molecule has 0 saturated carbocycles. The SMILES string of the molecule is CCc1ccc(C(=O)Nc2cc(F)c(F)cc2NC(C)=O)o1. The van der Waals surface area contributed by atoms with Crippen molar-refractivity contribution in [1.82, 2.24) is 0 Å². The van der Waals surface area contributed by atoms with Crippen molar-refractivity contribution in [2.75, 3.05) is 10.6 Å². The molecule has 2 amide bonds. The smallest absolute Gasteiger partial charge is 0.291 e. The van der Waals surface area contributed by atoms with E-state index < -0.39 is 23.4 Å². The standard InChI is InChI=1S/C15H14F2N2O3/c1-3-9-4-5-14(22-9)15(21)19-13-7-11(17)10(16)6-12(13)18-8(2)20/h4-7H,3H2,1-2H3,(H,18,20)(H,19,21). The number of rotatable bonds is 4. The van der Waals surface area contributed by atoms with Gasteiger partial charge in [-0.3, -0.25) is 9.59 Å². The van der Waals surface area contributed by atoms with Gasteiger partial charge in [-0.25, -0.2) is 8.78 Å². The van der Waals surface area contributed by atoms with Gasteiger partial charge >= 0.3 is 0 Å². The maximum absolute atomic E-state index is 13.3. The van der Waals surface area contributed by atoms with E-state index in [4.69, 9.17) is 4.42 Å². The number of amides is 2. The highest BCUT2D eigenvalue weighted by atomic mass is 19.2. The lowest BCUT2D eigenvalue weighted by Gasteiger charge is -2.11.